The van der Waals surface area contributed by atoms with Crippen LogP contribution in [0.2, 0.25) is 0 Å². The molecule has 3 rings (SSSR count). The molecule has 104 valence electrons. The van der Waals surface area contributed by atoms with Gasteiger partial charge < -0.3 is 10.6 Å². The van der Waals surface area contributed by atoms with E-state index < -0.39 is 6.04 Å². The quantitative estimate of drug-likeness (QED) is 0.840. The van der Waals surface area contributed by atoms with Gasteiger partial charge in [0.05, 0.1) is 12.1 Å². The summed E-state index contributed by atoms with van der Waals surface area (Å²) < 4.78 is 0. The van der Waals surface area contributed by atoms with Crippen LogP contribution in [0.3, 0.4) is 0 Å². The first-order valence-electron chi connectivity index (χ1n) is 7.58. The second-order valence-electron chi connectivity index (χ2n) is 6.62. The molecule has 0 radical (unpaired) electrons. The van der Waals surface area contributed by atoms with E-state index in [1.165, 1.54) is 12.8 Å². The standard InChI is InChI=1S/C15H23N3O/c1-2-15(5-3-4-6-15)13(17)14(19)18-9-10-7-11(10)12(18)8-16/h10-13H,2-7,9,17H2,1H3. The number of carbonyl (C=O) groups excluding carboxylic acids is 1. The van der Waals surface area contributed by atoms with Crippen molar-refractivity contribution in [2.75, 3.05) is 6.54 Å². The molecule has 1 saturated heterocycles. The van der Waals surface area contributed by atoms with Crippen LogP contribution in [0, 0.1) is 28.6 Å². The molecule has 1 aliphatic heterocycles. The fourth-order valence-corrected chi connectivity index (χ4v) is 4.26. The molecule has 3 aliphatic rings. The van der Waals surface area contributed by atoms with E-state index in [0.717, 1.165) is 32.2 Å². The summed E-state index contributed by atoms with van der Waals surface area (Å²) in [5, 5.41) is 9.27. The summed E-state index contributed by atoms with van der Waals surface area (Å²) in [4.78, 5) is 14.5. The molecule has 2 aliphatic carbocycles. The second-order valence-corrected chi connectivity index (χ2v) is 6.62. The van der Waals surface area contributed by atoms with E-state index in [0.29, 0.717) is 11.8 Å². The van der Waals surface area contributed by atoms with E-state index in [1.807, 2.05) is 0 Å². The van der Waals surface area contributed by atoms with Crippen molar-refractivity contribution in [3.63, 3.8) is 0 Å². The fraction of sp³-hybridized carbons (Fsp3) is 0.867. The van der Waals surface area contributed by atoms with Gasteiger partial charge in [-0.25, -0.2) is 0 Å². The van der Waals surface area contributed by atoms with Crippen LogP contribution in [0.25, 0.3) is 0 Å². The number of hydrogen-bond donors (Lipinski definition) is 1. The molecule has 0 aromatic carbocycles. The minimum Gasteiger partial charge on any atom is -0.325 e. The molecule has 2 saturated carbocycles. The van der Waals surface area contributed by atoms with E-state index in [2.05, 4.69) is 13.0 Å². The molecular weight excluding hydrogens is 238 g/mol. The average molecular weight is 261 g/mol. The molecule has 1 heterocycles. The van der Waals surface area contributed by atoms with Crippen LogP contribution in [0.1, 0.15) is 45.4 Å². The van der Waals surface area contributed by atoms with Crippen molar-refractivity contribution in [2.24, 2.45) is 23.0 Å². The van der Waals surface area contributed by atoms with Crippen molar-refractivity contribution >= 4 is 5.91 Å². The van der Waals surface area contributed by atoms with Gasteiger partial charge in [0.2, 0.25) is 5.91 Å². The number of amides is 1. The van der Waals surface area contributed by atoms with Crippen LogP contribution in [-0.4, -0.2) is 29.4 Å². The minimum atomic E-state index is -0.409. The minimum absolute atomic E-state index is 0.0101. The Balaban J connectivity index is 1.75. The van der Waals surface area contributed by atoms with E-state index >= 15 is 0 Å². The Hall–Kier alpha value is -1.08. The Kier molecular flexibility index (Phi) is 3.05. The maximum atomic E-state index is 12.7. The molecule has 1 amide bonds. The Labute approximate surface area is 114 Å². The smallest absolute Gasteiger partial charge is 0.241 e. The number of rotatable bonds is 3. The SMILES string of the molecule is CCC1(C(N)C(=O)N2CC3CC3C2C#N)CCCC1. The van der Waals surface area contributed by atoms with Gasteiger partial charge in [-0.1, -0.05) is 19.8 Å². The van der Waals surface area contributed by atoms with Crippen molar-refractivity contribution in [1.29, 1.82) is 5.26 Å². The number of carbonyl (C=O) groups is 1. The highest BCUT2D eigenvalue weighted by Crippen LogP contribution is 2.50. The van der Waals surface area contributed by atoms with E-state index in [-0.39, 0.29) is 17.4 Å². The van der Waals surface area contributed by atoms with Crippen molar-refractivity contribution in [3.8, 4) is 6.07 Å². The lowest BCUT2D eigenvalue weighted by Gasteiger charge is -2.36. The zero-order valence-electron chi connectivity index (χ0n) is 11.6. The number of nitrogens with zero attached hydrogens (tertiary/aromatic N) is 2. The lowest BCUT2D eigenvalue weighted by molar-refractivity contribution is -0.136. The van der Waals surface area contributed by atoms with E-state index in [9.17, 15) is 10.1 Å². The molecule has 3 fully saturated rings. The van der Waals surface area contributed by atoms with Crippen LogP contribution in [0.5, 0.6) is 0 Å². The van der Waals surface area contributed by atoms with Gasteiger partial charge in [0.1, 0.15) is 6.04 Å². The number of nitrogens with two attached hydrogens (primary N) is 1. The zero-order chi connectivity index (χ0) is 13.6. The zero-order valence-corrected chi connectivity index (χ0v) is 11.6. The highest BCUT2D eigenvalue weighted by Gasteiger charge is 2.56. The molecular formula is C15H23N3O. The van der Waals surface area contributed by atoms with Crippen LogP contribution in [0.4, 0.5) is 0 Å². The first-order chi connectivity index (χ1) is 9.13. The third kappa shape index (κ3) is 1.87. The summed E-state index contributed by atoms with van der Waals surface area (Å²) >= 11 is 0. The Morgan fingerprint density at radius 2 is 2.21 bits per heavy atom. The van der Waals surface area contributed by atoms with Crippen molar-refractivity contribution in [2.45, 2.75) is 57.5 Å². The monoisotopic (exact) mass is 261 g/mol. The maximum absolute atomic E-state index is 12.7. The molecule has 0 aromatic heterocycles. The Bertz CT molecular complexity index is 422. The highest BCUT2D eigenvalue weighted by atomic mass is 16.2. The van der Waals surface area contributed by atoms with Gasteiger partial charge in [-0.05, 0) is 42.9 Å². The number of nitriles is 1. The molecule has 4 nitrogen and oxygen atoms in total. The van der Waals surface area contributed by atoms with Gasteiger partial charge in [-0.3, -0.25) is 4.79 Å². The van der Waals surface area contributed by atoms with Crippen LogP contribution >= 0.6 is 0 Å². The number of hydrogen-bond acceptors (Lipinski definition) is 3. The number of fused-ring (bicyclic) bond motifs is 1. The first kappa shape index (κ1) is 12.9. The second kappa shape index (κ2) is 4.49. The predicted molar refractivity (Wildman–Crippen MR) is 71.9 cm³/mol. The summed E-state index contributed by atoms with van der Waals surface area (Å²) in [6.45, 7) is 2.90. The lowest BCUT2D eigenvalue weighted by atomic mass is 9.76. The maximum Gasteiger partial charge on any atom is 0.241 e. The normalized spacial score (nSPS) is 36.7. The Morgan fingerprint density at radius 3 is 2.79 bits per heavy atom. The van der Waals surface area contributed by atoms with Crippen molar-refractivity contribution < 1.29 is 4.79 Å². The average Bonchev–Trinajstić information content (AvgIpc) is 2.92. The van der Waals surface area contributed by atoms with Gasteiger partial charge in [0.15, 0.2) is 0 Å². The third-order valence-electron chi connectivity index (χ3n) is 5.79. The lowest BCUT2D eigenvalue weighted by Crippen LogP contribution is -2.54. The van der Waals surface area contributed by atoms with Gasteiger partial charge in [-0.2, -0.15) is 5.26 Å². The summed E-state index contributed by atoms with van der Waals surface area (Å²) in [5.41, 5.74) is 6.31. The van der Waals surface area contributed by atoms with Crippen LogP contribution < -0.4 is 5.73 Å². The third-order valence-corrected chi connectivity index (χ3v) is 5.79. The van der Waals surface area contributed by atoms with E-state index in [4.69, 9.17) is 5.73 Å². The molecule has 4 heteroatoms. The molecule has 0 bridgehead atoms. The predicted octanol–water partition coefficient (Wildman–Crippen LogP) is 1.65. The van der Waals surface area contributed by atoms with Crippen LogP contribution in [-0.2, 0) is 4.79 Å². The van der Waals surface area contributed by atoms with Gasteiger partial charge in [0, 0.05) is 6.54 Å². The van der Waals surface area contributed by atoms with Crippen LogP contribution in [0.15, 0.2) is 0 Å². The molecule has 2 N–H and O–H groups in total. The topological polar surface area (TPSA) is 70.1 Å². The largest absolute Gasteiger partial charge is 0.325 e. The van der Waals surface area contributed by atoms with Gasteiger partial charge in [0.25, 0.3) is 0 Å². The molecule has 0 spiro atoms. The summed E-state index contributed by atoms with van der Waals surface area (Å²) in [7, 11) is 0. The number of likely N-dealkylation sites (tertiary alicyclic amines) is 1. The summed E-state index contributed by atoms with van der Waals surface area (Å²) in [6.07, 6.45) is 6.58. The summed E-state index contributed by atoms with van der Waals surface area (Å²) in [6, 6.07) is 1.69. The van der Waals surface area contributed by atoms with Gasteiger partial charge >= 0.3 is 0 Å². The van der Waals surface area contributed by atoms with E-state index in [1.54, 1.807) is 4.90 Å². The fourth-order valence-electron chi connectivity index (χ4n) is 4.26. The molecule has 4 atom stereocenters. The molecule has 4 unspecified atom stereocenters. The highest BCUT2D eigenvalue weighted by molar-refractivity contribution is 5.84. The summed E-state index contributed by atoms with van der Waals surface area (Å²) in [5.74, 6) is 1.03. The van der Waals surface area contributed by atoms with Gasteiger partial charge in [-0.15, -0.1) is 0 Å². The molecule has 19 heavy (non-hydrogen) atoms. The molecule has 0 aromatic rings. The van der Waals surface area contributed by atoms with Crippen molar-refractivity contribution in [1.82, 2.24) is 4.90 Å². The number of piperidine rings is 1. The Morgan fingerprint density at radius 1 is 1.53 bits per heavy atom. The first-order valence-corrected chi connectivity index (χ1v) is 7.58. The van der Waals surface area contributed by atoms with Crippen molar-refractivity contribution in [3.05, 3.63) is 0 Å².